The Morgan fingerprint density at radius 3 is 1.77 bits per heavy atom. The first-order chi connectivity index (χ1) is 6.24. The third-order valence-electron chi connectivity index (χ3n) is 1.84. The van der Waals surface area contributed by atoms with Gasteiger partial charge in [-0.3, -0.25) is 0 Å². The number of ether oxygens (including phenoxy) is 4. The third-order valence-corrected chi connectivity index (χ3v) is 1.84. The van der Waals surface area contributed by atoms with Crippen LogP contribution in [0.5, 0.6) is 0 Å². The Balaban J connectivity index is 1.78. The summed E-state index contributed by atoms with van der Waals surface area (Å²) in [6.07, 6.45) is -0.0234. The van der Waals surface area contributed by atoms with Gasteiger partial charge in [-0.1, -0.05) is 13.2 Å². The van der Waals surface area contributed by atoms with E-state index in [-0.39, 0.29) is 12.6 Å². The Morgan fingerprint density at radius 1 is 1.00 bits per heavy atom. The van der Waals surface area contributed by atoms with Crippen LogP contribution >= 0.6 is 0 Å². The molecule has 2 heterocycles. The van der Waals surface area contributed by atoms with Crippen LogP contribution in [0.3, 0.4) is 0 Å². The Kier molecular flexibility index (Phi) is 2.24. The molecule has 2 fully saturated rings. The minimum Gasteiger partial charge on any atom is -0.467 e. The fraction of sp³-hybridized carbons (Fsp3) is 0.556. The molecule has 72 valence electrons. The summed E-state index contributed by atoms with van der Waals surface area (Å²) in [4.78, 5) is 0. The zero-order valence-corrected chi connectivity index (χ0v) is 7.32. The second-order valence-electron chi connectivity index (χ2n) is 3.03. The van der Waals surface area contributed by atoms with Crippen molar-refractivity contribution in [3.8, 4) is 0 Å². The lowest BCUT2D eigenvalue weighted by Gasteiger charge is -2.13. The van der Waals surface area contributed by atoms with Gasteiger partial charge in [-0.05, 0) is 0 Å². The van der Waals surface area contributed by atoms with E-state index in [2.05, 4.69) is 13.2 Å². The Labute approximate surface area is 76.7 Å². The molecule has 0 radical (unpaired) electrons. The van der Waals surface area contributed by atoms with E-state index in [0.29, 0.717) is 31.2 Å². The fourth-order valence-corrected chi connectivity index (χ4v) is 1.27. The molecule has 2 unspecified atom stereocenters. The maximum absolute atomic E-state index is 5.25. The molecule has 4 nitrogen and oxygen atoms in total. The summed E-state index contributed by atoms with van der Waals surface area (Å²) < 4.78 is 21.0. The van der Waals surface area contributed by atoms with Crippen molar-refractivity contribution in [2.75, 3.05) is 13.2 Å². The van der Waals surface area contributed by atoms with Crippen molar-refractivity contribution in [3.05, 3.63) is 24.7 Å². The van der Waals surface area contributed by atoms with Crippen molar-refractivity contribution < 1.29 is 18.9 Å². The van der Waals surface area contributed by atoms with Crippen molar-refractivity contribution in [1.29, 1.82) is 0 Å². The maximum atomic E-state index is 5.25. The van der Waals surface area contributed by atoms with E-state index in [1.807, 2.05) is 0 Å². The van der Waals surface area contributed by atoms with Crippen molar-refractivity contribution in [2.24, 2.45) is 0 Å². The van der Waals surface area contributed by atoms with Crippen molar-refractivity contribution in [2.45, 2.75) is 19.0 Å². The van der Waals surface area contributed by atoms with Crippen LogP contribution in [-0.2, 0) is 18.9 Å². The van der Waals surface area contributed by atoms with E-state index in [4.69, 9.17) is 18.9 Å². The molecule has 4 heteroatoms. The minimum atomic E-state index is -0.289. The van der Waals surface area contributed by atoms with Crippen molar-refractivity contribution in [3.63, 3.8) is 0 Å². The van der Waals surface area contributed by atoms with E-state index in [9.17, 15) is 0 Å². The van der Waals surface area contributed by atoms with E-state index in [1.165, 1.54) is 0 Å². The average Bonchev–Trinajstić information content (AvgIpc) is 2.62. The number of hydrogen-bond donors (Lipinski definition) is 0. The molecule has 2 rings (SSSR count). The molecule has 0 aliphatic carbocycles. The largest absolute Gasteiger partial charge is 0.467 e. The van der Waals surface area contributed by atoms with Gasteiger partial charge in [-0.15, -0.1) is 0 Å². The minimum absolute atomic E-state index is 0.289. The summed E-state index contributed by atoms with van der Waals surface area (Å²) >= 11 is 0. The molecule has 2 aliphatic rings. The molecule has 0 N–H and O–H groups in total. The molecule has 0 saturated carbocycles. The molecular formula is C9H12O4. The lowest BCUT2D eigenvalue weighted by molar-refractivity contribution is -0.116. The summed E-state index contributed by atoms with van der Waals surface area (Å²) in [7, 11) is 0. The van der Waals surface area contributed by atoms with Crippen molar-refractivity contribution >= 4 is 0 Å². The highest BCUT2D eigenvalue weighted by Gasteiger charge is 2.28. The molecule has 0 aromatic heterocycles. The molecule has 13 heavy (non-hydrogen) atoms. The van der Waals surface area contributed by atoms with Crippen LogP contribution < -0.4 is 0 Å². The van der Waals surface area contributed by atoms with Gasteiger partial charge in [0.25, 0.3) is 0 Å². The summed E-state index contributed by atoms with van der Waals surface area (Å²) in [5, 5.41) is 0. The second kappa shape index (κ2) is 3.40. The maximum Gasteiger partial charge on any atom is 0.205 e. The predicted molar refractivity (Wildman–Crippen MR) is 44.5 cm³/mol. The third kappa shape index (κ3) is 2.02. The highest BCUT2D eigenvalue weighted by atomic mass is 16.7. The molecule has 0 aromatic carbocycles. The molecule has 2 aliphatic heterocycles. The molecule has 2 saturated heterocycles. The first-order valence-corrected chi connectivity index (χ1v) is 4.16. The fourth-order valence-electron chi connectivity index (χ4n) is 1.27. The molecule has 0 aromatic rings. The normalized spacial score (nSPS) is 33.2. The monoisotopic (exact) mass is 184 g/mol. The molecular weight excluding hydrogens is 172 g/mol. The van der Waals surface area contributed by atoms with Gasteiger partial charge >= 0.3 is 0 Å². The first-order valence-electron chi connectivity index (χ1n) is 4.16. The lowest BCUT2D eigenvalue weighted by Crippen LogP contribution is -2.18. The quantitative estimate of drug-likeness (QED) is 0.645. The Bertz CT molecular complexity index is 212. The number of hydrogen-bond acceptors (Lipinski definition) is 4. The molecule has 2 atom stereocenters. The number of rotatable bonds is 2. The smallest absolute Gasteiger partial charge is 0.205 e. The highest BCUT2D eigenvalue weighted by Crippen LogP contribution is 2.23. The van der Waals surface area contributed by atoms with Gasteiger partial charge in [0.15, 0.2) is 0 Å². The average molecular weight is 184 g/mol. The second-order valence-corrected chi connectivity index (χ2v) is 3.03. The standard InChI is InChI=1S/C9H12O4/c1-6-4-10-8(12-6)3-9-11-5-7(2)13-9/h8-9H,1-5H2. The van der Waals surface area contributed by atoms with E-state index < -0.39 is 0 Å². The Morgan fingerprint density at radius 2 is 1.46 bits per heavy atom. The first kappa shape index (κ1) is 8.59. The zero-order chi connectivity index (χ0) is 9.26. The van der Waals surface area contributed by atoms with Gasteiger partial charge in [0.1, 0.15) is 24.7 Å². The molecule has 0 bridgehead atoms. The topological polar surface area (TPSA) is 36.9 Å². The van der Waals surface area contributed by atoms with Gasteiger partial charge in [-0.25, -0.2) is 0 Å². The van der Waals surface area contributed by atoms with Crippen LogP contribution in [0, 0.1) is 0 Å². The zero-order valence-electron chi connectivity index (χ0n) is 7.32. The van der Waals surface area contributed by atoms with Crippen molar-refractivity contribution in [1.82, 2.24) is 0 Å². The molecule has 0 spiro atoms. The van der Waals surface area contributed by atoms with E-state index >= 15 is 0 Å². The van der Waals surface area contributed by atoms with E-state index in [1.54, 1.807) is 0 Å². The van der Waals surface area contributed by atoms with E-state index in [0.717, 1.165) is 0 Å². The summed E-state index contributed by atoms with van der Waals surface area (Å²) in [6.45, 7) is 8.21. The van der Waals surface area contributed by atoms with Crippen LogP contribution in [0.25, 0.3) is 0 Å². The van der Waals surface area contributed by atoms with Crippen LogP contribution in [0.1, 0.15) is 6.42 Å². The van der Waals surface area contributed by atoms with Crippen LogP contribution in [0.15, 0.2) is 24.7 Å². The summed E-state index contributed by atoms with van der Waals surface area (Å²) in [5.41, 5.74) is 0. The highest BCUT2D eigenvalue weighted by molar-refractivity contribution is 4.90. The molecule has 0 amide bonds. The summed E-state index contributed by atoms with van der Waals surface area (Å²) in [6, 6.07) is 0. The predicted octanol–water partition coefficient (Wildman–Crippen LogP) is 1.15. The Hall–Kier alpha value is -1.00. The van der Waals surface area contributed by atoms with Crippen LogP contribution in [0.4, 0.5) is 0 Å². The van der Waals surface area contributed by atoms with Gasteiger partial charge in [0, 0.05) is 0 Å². The van der Waals surface area contributed by atoms with Gasteiger partial charge in [0.2, 0.25) is 12.6 Å². The van der Waals surface area contributed by atoms with Crippen LogP contribution in [0.2, 0.25) is 0 Å². The summed E-state index contributed by atoms with van der Waals surface area (Å²) in [5.74, 6) is 1.31. The lowest BCUT2D eigenvalue weighted by atomic mass is 10.4. The van der Waals surface area contributed by atoms with Gasteiger partial charge in [0.05, 0.1) is 6.42 Å². The van der Waals surface area contributed by atoms with Crippen LogP contribution in [-0.4, -0.2) is 25.8 Å². The SMILES string of the molecule is C=C1COC(CC2OCC(=C)O2)O1. The van der Waals surface area contributed by atoms with Gasteiger partial charge < -0.3 is 18.9 Å². The van der Waals surface area contributed by atoms with Gasteiger partial charge in [-0.2, -0.15) is 0 Å².